The van der Waals surface area contributed by atoms with Gasteiger partial charge in [-0.2, -0.15) is 0 Å². The van der Waals surface area contributed by atoms with E-state index in [1.165, 1.54) is 13.0 Å². The first-order valence-corrected chi connectivity index (χ1v) is 6.18. The first-order valence-electron chi connectivity index (χ1n) is 6.18. The molecule has 0 aliphatic rings. The van der Waals surface area contributed by atoms with E-state index in [-0.39, 0.29) is 11.1 Å². The molecule has 1 nitrogen and oxygen atoms in total. The molecule has 0 aliphatic carbocycles. The van der Waals surface area contributed by atoms with E-state index in [0.29, 0.717) is 17.2 Å². The molecule has 0 saturated heterocycles. The van der Waals surface area contributed by atoms with Crippen LogP contribution in [-0.4, -0.2) is 5.11 Å². The van der Waals surface area contributed by atoms with Gasteiger partial charge in [-0.05, 0) is 55.7 Å². The van der Waals surface area contributed by atoms with E-state index < -0.39 is 23.1 Å². The minimum atomic E-state index is -1.81. The third-order valence-electron chi connectivity index (χ3n) is 3.34. The van der Waals surface area contributed by atoms with Crippen molar-refractivity contribution in [2.75, 3.05) is 0 Å². The smallest absolute Gasteiger partial charge is 0.130 e. The van der Waals surface area contributed by atoms with E-state index in [9.17, 15) is 18.3 Å². The molecule has 0 aromatic heterocycles. The molecule has 0 saturated carbocycles. The number of hydrogen-bond donors (Lipinski definition) is 1. The van der Waals surface area contributed by atoms with Gasteiger partial charge in [0.2, 0.25) is 0 Å². The van der Waals surface area contributed by atoms with Crippen LogP contribution in [0, 0.1) is 31.3 Å². The first-order chi connectivity index (χ1) is 9.21. The highest BCUT2D eigenvalue weighted by atomic mass is 19.1. The normalized spacial score (nSPS) is 14.2. The van der Waals surface area contributed by atoms with Gasteiger partial charge in [-0.3, -0.25) is 0 Å². The second-order valence-corrected chi connectivity index (χ2v) is 5.17. The zero-order chi connectivity index (χ0) is 15.1. The second kappa shape index (κ2) is 4.94. The van der Waals surface area contributed by atoms with E-state index >= 15 is 0 Å². The molecule has 1 unspecified atom stereocenters. The average Bonchev–Trinajstić information content (AvgIpc) is 2.25. The fraction of sp³-hybridized carbons (Fsp3) is 0.250. The standard InChI is InChI=1S/C16H15F3O/c1-9-4-10(2)15(14(19)5-9)16(3,20)11-6-12(17)8-13(18)7-11/h4-8,20H,1-3H3. The maximum absolute atomic E-state index is 14.1. The topological polar surface area (TPSA) is 20.2 Å². The van der Waals surface area contributed by atoms with Crippen molar-refractivity contribution in [2.45, 2.75) is 26.4 Å². The summed E-state index contributed by atoms with van der Waals surface area (Å²) in [5.41, 5.74) is -0.582. The SMILES string of the molecule is Cc1cc(C)c(C(C)(O)c2cc(F)cc(F)c2)c(F)c1. The summed E-state index contributed by atoms with van der Waals surface area (Å²) in [6.45, 7) is 4.70. The van der Waals surface area contributed by atoms with Crippen molar-refractivity contribution < 1.29 is 18.3 Å². The van der Waals surface area contributed by atoms with E-state index in [0.717, 1.165) is 12.1 Å². The van der Waals surface area contributed by atoms with Crippen LogP contribution in [0.25, 0.3) is 0 Å². The third-order valence-corrected chi connectivity index (χ3v) is 3.34. The van der Waals surface area contributed by atoms with E-state index in [1.54, 1.807) is 19.9 Å². The summed E-state index contributed by atoms with van der Waals surface area (Å²) in [5.74, 6) is -2.23. The fourth-order valence-corrected chi connectivity index (χ4v) is 2.51. The van der Waals surface area contributed by atoms with Gasteiger partial charge in [0.05, 0.1) is 0 Å². The maximum atomic E-state index is 14.1. The van der Waals surface area contributed by atoms with E-state index in [4.69, 9.17) is 0 Å². The van der Waals surface area contributed by atoms with E-state index in [2.05, 4.69) is 0 Å². The van der Waals surface area contributed by atoms with Crippen LogP contribution in [0.2, 0.25) is 0 Å². The highest BCUT2D eigenvalue weighted by Crippen LogP contribution is 2.34. The molecule has 0 heterocycles. The molecule has 0 aliphatic heterocycles. The molecule has 0 bridgehead atoms. The first kappa shape index (κ1) is 14.6. The molecule has 106 valence electrons. The van der Waals surface area contributed by atoms with Crippen LogP contribution in [0.4, 0.5) is 13.2 Å². The zero-order valence-corrected chi connectivity index (χ0v) is 11.5. The molecule has 1 N–H and O–H groups in total. The van der Waals surface area contributed by atoms with Gasteiger partial charge in [-0.25, -0.2) is 13.2 Å². The van der Waals surface area contributed by atoms with Gasteiger partial charge in [0.1, 0.15) is 23.1 Å². The Morgan fingerprint density at radius 2 is 1.45 bits per heavy atom. The lowest BCUT2D eigenvalue weighted by Crippen LogP contribution is -2.26. The molecule has 0 radical (unpaired) electrons. The monoisotopic (exact) mass is 280 g/mol. The highest BCUT2D eigenvalue weighted by molar-refractivity contribution is 5.42. The fourth-order valence-electron chi connectivity index (χ4n) is 2.51. The summed E-state index contributed by atoms with van der Waals surface area (Å²) < 4.78 is 40.7. The Hall–Kier alpha value is -1.81. The quantitative estimate of drug-likeness (QED) is 0.882. The van der Waals surface area contributed by atoms with Gasteiger partial charge in [0.25, 0.3) is 0 Å². The van der Waals surface area contributed by atoms with Crippen LogP contribution in [0.3, 0.4) is 0 Å². The lowest BCUT2D eigenvalue weighted by Gasteiger charge is -2.27. The average molecular weight is 280 g/mol. The zero-order valence-electron chi connectivity index (χ0n) is 11.5. The number of aryl methyl sites for hydroxylation is 2. The molecule has 2 aromatic rings. The second-order valence-electron chi connectivity index (χ2n) is 5.17. The minimum Gasteiger partial charge on any atom is -0.381 e. The number of rotatable bonds is 2. The molecular weight excluding hydrogens is 265 g/mol. The van der Waals surface area contributed by atoms with Crippen molar-refractivity contribution in [3.8, 4) is 0 Å². The highest BCUT2D eigenvalue weighted by Gasteiger charge is 2.31. The Bertz CT molecular complexity index is 620. The van der Waals surface area contributed by atoms with Crippen molar-refractivity contribution in [2.24, 2.45) is 0 Å². The number of hydrogen-bond acceptors (Lipinski definition) is 1. The Balaban J connectivity index is 2.66. The van der Waals surface area contributed by atoms with Crippen molar-refractivity contribution in [3.05, 3.63) is 70.0 Å². The number of benzene rings is 2. The van der Waals surface area contributed by atoms with Crippen LogP contribution in [-0.2, 0) is 5.60 Å². The lowest BCUT2D eigenvalue weighted by atomic mass is 9.84. The number of aliphatic hydroxyl groups is 1. The summed E-state index contributed by atoms with van der Waals surface area (Å²) in [6.07, 6.45) is 0. The largest absolute Gasteiger partial charge is 0.381 e. The van der Waals surface area contributed by atoms with Gasteiger partial charge in [0, 0.05) is 11.6 Å². The minimum absolute atomic E-state index is 0.0214. The van der Waals surface area contributed by atoms with Crippen LogP contribution in [0.15, 0.2) is 30.3 Å². The Labute approximate surface area is 115 Å². The number of halogens is 3. The van der Waals surface area contributed by atoms with Crippen molar-refractivity contribution in [3.63, 3.8) is 0 Å². The predicted molar refractivity (Wildman–Crippen MR) is 70.9 cm³/mol. The molecule has 20 heavy (non-hydrogen) atoms. The van der Waals surface area contributed by atoms with Gasteiger partial charge in [0.15, 0.2) is 0 Å². The van der Waals surface area contributed by atoms with Crippen molar-refractivity contribution in [1.29, 1.82) is 0 Å². The molecule has 2 aromatic carbocycles. The molecule has 0 amide bonds. The van der Waals surface area contributed by atoms with Gasteiger partial charge in [-0.1, -0.05) is 6.07 Å². The molecule has 0 spiro atoms. The summed E-state index contributed by atoms with van der Waals surface area (Å²) in [6, 6.07) is 5.70. The van der Waals surface area contributed by atoms with Gasteiger partial charge < -0.3 is 5.11 Å². The maximum Gasteiger partial charge on any atom is 0.130 e. The van der Waals surface area contributed by atoms with Crippen LogP contribution < -0.4 is 0 Å². The summed E-state index contributed by atoms with van der Waals surface area (Å²) in [5, 5.41) is 10.6. The third kappa shape index (κ3) is 2.56. The lowest BCUT2D eigenvalue weighted by molar-refractivity contribution is 0.0964. The van der Waals surface area contributed by atoms with Crippen LogP contribution in [0.5, 0.6) is 0 Å². The molecule has 2 rings (SSSR count). The van der Waals surface area contributed by atoms with Crippen molar-refractivity contribution in [1.82, 2.24) is 0 Å². The van der Waals surface area contributed by atoms with Crippen LogP contribution >= 0.6 is 0 Å². The van der Waals surface area contributed by atoms with E-state index in [1.807, 2.05) is 0 Å². The molecule has 1 atom stereocenters. The Kier molecular flexibility index (Phi) is 3.61. The van der Waals surface area contributed by atoms with Gasteiger partial charge in [-0.15, -0.1) is 0 Å². The van der Waals surface area contributed by atoms with Gasteiger partial charge >= 0.3 is 0 Å². The predicted octanol–water partition coefficient (Wildman–Crippen LogP) is 3.98. The van der Waals surface area contributed by atoms with Crippen LogP contribution in [0.1, 0.15) is 29.2 Å². The Morgan fingerprint density at radius 3 is 1.95 bits per heavy atom. The molecule has 0 fully saturated rings. The summed E-state index contributed by atoms with van der Waals surface area (Å²) >= 11 is 0. The Morgan fingerprint density at radius 1 is 0.900 bits per heavy atom. The van der Waals surface area contributed by atoms with Crippen molar-refractivity contribution >= 4 is 0 Å². The summed E-state index contributed by atoms with van der Waals surface area (Å²) in [4.78, 5) is 0. The molecular formula is C16H15F3O. The molecule has 4 heteroatoms. The summed E-state index contributed by atoms with van der Waals surface area (Å²) in [7, 11) is 0.